The smallest absolute Gasteiger partial charge is 0.493 e. The van der Waals surface area contributed by atoms with Gasteiger partial charge in [0.25, 0.3) is 0 Å². The van der Waals surface area contributed by atoms with E-state index in [0.29, 0.717) is 12.4 Å². The van der Waals surface area contributed by atoms with Crippen LogP contribution in [-0.2, 0) is 0 Å². The second-order valence-electron chi connectivity index (χ2n) is 4.56. The highest BCUT2D eigenvalue weighted by molar-refractivity contribution is 9.10. The standard InChI is InChI=1S/C12H11Br2F3O2/c13-6-11(3-4-11)7-18-8-1-2-10(9(14)5-8)19-12(15,16)17/h1-2,5H,3-4,6-7H2. The van der Waals surface area contributed by atoms with E-state index in [1.165, 1.54) is 18.2 Å². The van der Waals surface area contributed by atoms with Crippen molar-refractivity contribution >= 4 is 31.9 Å². The molecule has 0 unspecified atom stereocenters. The fourth-order valence-corrected chi connectivity index (χ4v) is 2.67. The molecule has 1 aromatic rings. The average molecular weight is 404 g/mol. The first-order chi connectivity index (χ1) is 8.84. The maximum Gasteiger partial charge on any atom is 0.573 e. The summed E-state index contributed by atoms with van der Waals surface area (Å²) in [6.45, 7) is 0.560. The maximum atomic E-state index is 12.1. The van der Waals surface area contributed by atoms with Gasteiger partial charge < -0.3 is 9.47 Å². The fourth-order valence-electron chi connectivity index (χ4n) is 1.51. The molecule has 1 aromatic carbocycles. The molecule has 0 spiro atoms. The van der Waals surface area contributed by atoms with Crippen LogP contribution in [0.4, 0.5) is 13.2 Å². The van der Waals surface area contributed by atoms with Gasteiger partial charge >= 0.3 is 6.36 Å². The van der Waals surface area contributed by atoms with E-state index in [1.54, 1.807) is 0 Å². The molecule has 1 fully saturated rings. The topological polar surface area (TPSA) is 18.5 Å². The van der Waals surface area contributed by atoms with Gasteiger partial charge in [-0.2, -0.15) is 0 Å². The lowest BCUT2D eigenvalue weighted by atomic mass is 10.2. The molecule has 0 radical (unpaired) electrons. The van der Waals surface area contributed by atoms with Crippen LogP contribution in [0.3, 0.4) is 0 Å². The van der Waals surface area contributed by atoms with Crippen LogP contribution in [0.1, 0.15) is 12.8 Å². The molecule has 0 amide bonds. The molecule has 1 aliphatic rings. The molecular formula is C12H11Br2F3O2. The van der Waals surface area contributed by atoms with Crippen LogP contribution in [0, 0.1) is 5.41 Å². The maximum absolute atomic E-state index is 12.1. The zero-order valence-electron chi connectivity index (χ0n) is 9.77. The van der Waals surface area contributed by atoms with Gasteiger partial charge in [-0.15, -0.1) is 13.2 Å². The Balaban J connectivity index is 1.98. The van der Waals surface area contributed by atoms with E-state index in [1.807, 2.05) is 0 Å². The first kappa shape index (κ1) is 15.0. The number of halogens is 5. The Morgan fingerprint density at radius 3 is 2.42 bits per heavy atom. The molecule has 0 bridgehead atoms. The molecule has 0 atom stereocenters. The minimum absolute atomic E-state index is 0.188. The number of hydrogen-bond donors (Lipinski definition) is 0. The number of benzene rings is 1. The quantitative estimate of drug-likeness (QED) is 0.651. The van der Waals surface area contributed by atoms with Gasteiger partial charge in [0.15, 0.2) is 0 Å². The Hall–Kier alpha value is -0.430. The van der Waals surface area contributed by atoms with Crippen molar-refractivity contribution in [1.29, 1.82) is 0 Å². The van der Waals surface area contributed by atoms with Crippen molar-refractivity contribution in [2.24, 2.45) is 5.41 Å². The molecule has 19 heavy (non-hydrogen) atoms. The number of alkyl halides is 4. The summed E-state index contributed by atoms with van der Waals surface area (Å²) in [5.74, 6) is 0.245. The van der Waals surface area contributed by atoms with Crippen molar-refractivity contribution in [3.63, 3.8) is 0 Å². The van der Waals surface area contributed by atoms with Crippen LogP contribution in [0.5, 0.6) is 11.5 Å². The summed E-state index contributed by atoms with van der Waals surface area (Å²) >= 11 is 6.47. The van der Waals surface area contributed by atoms with E-state index in [9.17, 15) is 13.2 Å². The summed E-state index contributed by atoms with van der Waals surface area (Å²) in [5.41, 5.74) is 0.188. The minimum atomic E-state index is -4.70. The van der Waals surface area contributed by atoms with Gasteiger partial charge in [0.05, 0.1) is 11.1 Å². The third-order valence-corrected chi connectivity index (χ3v) is 4.72. The van der Waals surface area contributed by atoms with Crippen molar-refractivity contribution in [1.82, 2.24) is 0 Å². The molecule has 2 nitrogen and oxygen atoms in total. The predicted molar refractivity (Wildman–Crippen MR) is 71.8 cm³/mol. The second kappa shape index (κ2) is 5.52. The monoisotopic (exact) mass is 402 g/mol. The van der Waals surface area contributed by atoms with Crippen molar-refractivity contribution in [2.75, 3.05) is 11.9 Å². The Labute approximate surface area is 125 Å². The summed E-state index contributed by atoms with van der Waals surface area (Å²) < 4.78 is 46.0. The molecule has 0 saturated heterocycles. The van der Waals surface area contributed by atoms with Crippen molar-refractivity contribution in [3.8, 4) is 11.5 Å². The number of rotatable bonds is 5. The van der Waals surface area contributed by atoms with Gasteiger partial charge in [0.1, 0.15) is 11.5 Å². The normalized spacial score (nSPS) is 17.1. The Kier molecular flexibility index (Phi) is 4.35. The average Bonchev–Trinajstić information content (AvgIpc) is 3.09. The van der Waals surface area contributed by atoms with E-state index in [2.05, 4.69) is 36.6 Å². The van der Waals surface area contributed by atoms with Gasteiger partial charge in [-0.3, -0.25) is 0 Å². The predicted octanol–water partition coefficient (Wildman–Crippen LogP) is 4.90. The van der Waals surface area contributed by atoms with Crippen molar-refractivity contribution in [2.45, 2.75) is 19.2 Å². The first-order valence-electron chi connectivity index (χ1n) is 5.58. The molecule has 1 saturated carbocycles. The first-order valence-corrected chi connectivity index (χ1v) is 7.49. The molecule has 0 heterocycles. The second-order valence-corrected chi connectivity index (χ2v) is 5.98. The lowest BCUT2D eigenvalue weighted by Gasteiger charge is -2.15. The van der Waals surface area contributed by atoms with E-state index in [-0.39, 0.29) is 15.6 Å². The zero-order chi connectivity index (χ0) is 14.1. The van der Waals surface area contributed by atoms with Crippen LogP contribution >= 0.6 is 31.9 Å². The molecular weight excluding hydrogens is 393 g/mol. The van der Waals surface area contributed by atoms with Crippen LogP contribution in [0.25, 0.3) is 0 Å². The van der Waals surface area contributed by atoms with Crippen LogP contribution in [0.2, 0.25) is 0 Å². The third-order valence-electron chi connectivity index (χ3n) is 2.91. The van der Waals surface area contributed by atoms with Gasteiger partial charge in [-0.1, -0.05) is 15.9 Å². The summed E-state index contributed by atoms with van der Waals surface area (Å²) in [4.78, 5) is 0. The highest BCUT2D eigenvalue weighted by atomic mass is 79.9. The lowest BCUT2D eigenvalue weighted by Crippen LogP contribution is -2.17. The lowest BCUT2D eigenvalue weighted by molar-refractivity contribution is -0.274. The molecule has 2 rings (SSSR count). The zero-order valence-corrected chi connectivity index (χ0v) is 12.9. The fraction of sp³-hybridized carbons (Fsp3) is 0.500. The Bertz CT molecular complexity index is 459. The molecule has 0 aromatic heterocycles. The van der Waals surface area contributed by atoms with Crippen LogP contribution in [0.15, 0.2) is 22.7 Å². The third kappa shape index (κ3) is 4.27. The van der Waals surface area contributed by atoms with Gasteiger partial charge in [0.2, 0.25) is 0 Å². The number of hydrogen-bond acceptors (Lipinski definition) is 2. The largest absolute Gasteiger partial charge is 0.573 e. The van der Waals surface area contributed by atoms with Crippen molar-refractivity contribution < 1.29 is 22.6 Å². The summed E-state index contributed by atoms with van der Waals surface area (Å²) in [6.07, 6.45) is -2.48. The summed E-state index contributed by atoms with van der Waals surface area (Å²) in [5, 5.41) is 0.871. The minimum Gasteiger partial charge on any atom is -0.493 e. The van der Waals surface area contributed by atoms with Crippen LogP contribution in [-0.4, -0.2) is 18.3 Å². The summed E-state index contributed by atoms with van der Waals surface area (Å²) in [6, 6.07) is 4.18. The highest BCUT2D eigenvalue weighted by Crippen LogP contribution is 2.47. The SMILES string of the molecule is FC(F)(F)Oc1ccc(OCC2(CBr)CC2)cc1Br. The summed E-state index contributed by atoms with van der Waals surface area (Å²) in [7, 11) is 0. The van der Waals surface area contributed by atoms with Gasteiger partial charge in [-0.25, -0.2) is 0 Å². The Morgan fingerprint density at radius 2 is 1.95 bits per heavy atom. The number of ether oxygens (including phenoxy) is 2. The molecule has 106 valence electrons. The van der Waals surface area contributed by atoms with Crippen LogP contribution < -0.4 is 9.47 Å². The molecule has 0 aliphatic heterocycles. The van der Waals surface area contributed by atoms with E-state index in [0.717, 1.165) is 18.2 Å². The molecule has 7 heteroatoms. The Morgan fingerprint density at radius 1 is 1.26 bits per heavy atom. The highest BCUT2D eigenvalue weighted by Gasteiger charge is 2.42. The van der Waals surface area contributed by atoms with Crippen molar-refractivity contribution in [3.05, 3.63) is 22.7 Å². The van der Waals surface area contributed by atoms with E-state index in [4.69, 9.17) is 4.74 Å². The molecule has 0 N–H and O–H groups in total. The van der Waals surface area contributed by atoms with Gasteiger partial charge in [-0.05, 0) is 47.0 Å². The molecule has 1 aliphatic carbocycles. The van der Waals surface area contributed by atoms with E-state index < -0.39 is 6.36 Å². The van der Waals surface area contributed by atoms with Gasteiger partial charge in [0, 0.05) is 10.7 Å². The van der Waals surface area contributed by atoms with E-state index >= 15 is 0 Å².